The van der Waals surface area contributed by atoms with Crippen molar-refractivity contribution in [3.05, 3.63) is 19.2 Å². The van der Waals surface area contributed by atoms with Gasteiger partial charge in [-0.15, -0.1) is 11.3 Å². The Morgan fingerprint density at radius 1 is 1.32 bits per heavy atom. The zero-order valence-corrected chi connectivity index (χ0v) is 15.4. The lowest BCUT2D eigenvalue weighted by atomic mass is 10.1. The van der Waals surface area contributed by atoms with Crippen molar-refractivity contribution in [2.75, 3.05) is 0 Å². The molecule has 2 nitrogen and oxygen atoms in total. The van der Waals surface area contributed by atoms with E-state index in [4.69, 9.17) is 4.74 Å². The van der Waals surface area contributed by atoms with E-state index in [1.807, 2.05) is 6.92 Å². The second-order valence-electron chi connectivity index (χ2n) is 4.66. The highest BCUT2D eigenvalue weighted by Gasteiger charge is 2.17. The fourth-order valence-corrected chi connectivity index (χ4v) is 4.59. The summed E-state index contributed by atoms with van der Waals surface area (Å²) in [6, 6.07) is 1.80. The standard InChI is InChI=1S/C14H20Br2O2S/c1-3-4-5-6-7-8-10(2)18-14(17)11-9-12(15)19-13(11)16/h9-10H,3-8H2,1-2H3/t10-/m0/s1. The molecule has 0 spiro atoms. The molecular formula is C14H20Br2O2S. The van der Waals surface area contributed by atoms with Crippen molar-refractivity contribution in [3.63, 3.8) is 0 Å². The third-order valence-electron chi connectivity index (χ3n) is 2.90. The van der Waals surface area contributed by atoms with Gasteiger partial charge < -0.3 is 4.74 Å². The largest absolute Gasteiger partial charge is 0.459 e. The van der Waals surface area contributed by atoms with E-state index in [1.165, 1.54) is 37.0 Å². The molecule has 108 valence electrons. The smallest absolute Gasteiger partial charge is 0.340 e. The maximum atomic E-state index is 12.0. The number of halogens is 2. The maximum Gasteiger partial charge on any atom is 0.340 e. The van der Waals surface area contributed by atoms with Crippen LogP contribution in [0.15, 0.2) is 13.6 Å². The average molecular weight is 412 g/mol. The first-order valence-electron chi connectivity index (χ1n) is 6.70. The Labute approximate surface area is 136 Å². The minimum atomic E-state index is -0.241. The van der Waals surface area contributed by atoms with E-state index in [-0.39, 0.29) is 12.1 Å². The third-order valence-corrected chi connectivity index (χ3v) is 5.24. The Bertz CT molecular complexity index is 404. The quantitative estimate of drug-likeness (QED) is 0.377. The van der Waals surface area contributed by atoms with Gasteiger partial charge in [-0.05, 0) is 57.7 Å². The normalized spacial score (nSPS) is 12.4. The molecule has 0 N–H and O–H groups in total. The van der Waals surface area contributed by atoms with E-state index in [2.05, 4.69) is 38.8 Å². The van der Waals surface area contributed by atoms with Crippen molar-refractivity contribution in [1.29, 1.82) is 0 Å². The van der Waals surface area contributed by atoms with Crippen LogP contribution in [0.3, 0.4) is 0 Å². The topological polar surface area (TPSA) is 26.3 Å². The number of ether oxygens (including phenoxy) is 1. The molecule has 1 aromatic rings. The molecule has 1 atom stereocenters. The number of hydrogen-bond acceptors (Lipinski definition) is 3. The van der Waals surface area contributed by atoms with E-state index in [0.717, 1.165) is 20.4 Å². The molecule has 0 amide bonds. The Balaban J connectivity index is 2.30. The van der Waals surface area contributed by atoms with Crippen molar-refractivity contribution < 1.29 is 9.53 Å². The van der Waals surface area contributed by atoms with E-state index in [1.54, 1.807) is 6.07 Å². The highest BCUT2D eigenvalue weighted by Crippen LogP contribution is 2.32. The fraction of sp³-hybridized carbons (Fsp3) is 0.643. The summed E-state index contributed by atoms with van der Waals surface area (Å²) in [4.78, 5) is 12.0. The van der Waals surface area contributed by atoms with Crippen molar-refractivity contribution in [1.82, 2.24) is 0 Å². The number of unbranched alkanes of at least 4 members (excludes halogenated alkanes) is 4. The molecule has 0 saturated heterocycles. The molecule has 0 aliphatic rings. The van der Waals surface area contributed by atoms with E-state index in [0.29, 0.717) is 5.56 Å². The van der Waals surface area contributed by atoms with E-state index < -0.39 is 0 Å². The van der Waals surface area contributed by atoms with Crippen LogP contribution in [0.2, 0.25) is 0 Å². The molecule has 0 radical (unpaired) electrons. The van der Waals surface area contributed by atoms with Gasteiger partial charge in [0.1, 0.15) is 0 Å². The van der Waals surface area contributed by atoms with Crippen LogP contribution in [0.4, 0.5) is 0 Å². The van der Waals surface area contributed by atoms with E-state index >= 15 is 0 Å². The summed E-state index contributed by atoms with van der Waals surface area (Å²) in [7, 11) is 0. The van der Waals surface area contributed by atoms with Crippen LogP contribution in [0, 0.1) is 0 Å². The van der Waals surface area contributed by atoms with Crippen LogP contribution in [0.5, 0.6) is 0 Å². The first kappa shape index (κ1) is 17.2. The first-order valence-corrected chi connectivity index (χ1v) is 9.10. The molecule has 0 saturated carbocycles. The number of rotatable bonds is 8. The molecule has 0 fully saturated rings. The van der Waals surface area contributed by atoms with Crippen molar-refractivity contribution in [2.24, 2.45) is 0 Å². The first-order chi connectivity index (χ1) is 9.04. The molecule has 0 aliphatic heterocycles. The molecule has 0 unspecified atom stereocenters. The van der Waals surface area contributed by atoms with Crippen LogP contribution in [0.25, 0.3) is 0 Å². The minimum Gasteiger partial charge on any atom is -0.459 e. The molecule has 1 rings (SSSR count). The molecule has 5 heteroatoms. The second kappa shape index (κ2) is 9.14. The summed E-state index contributed by atoms with van der Waals surface area (Å²) < 4.78 is 7.20. The van der Waals surface area contributed by atoms with Gasteiger partial charge >= 0.3 is 5.97 Å². The highest BCUT2D eigenvalue weighted by atomic mass is 79.9. The zero-order valence-electron chi connectivity index (χ0n) is 11.4. The summed E-state index contributed by atoms with van der Waals surface area (Å²) in [5.41, 5.74) is 0.606. The van der Waals surface area contributed by atoms with Gasteiger partial charge in [0.15, 0.2) is 0 Å². The Hall–Kier alpha value is 0.130. The van der Waals surface area contributed by atoms with Crippen molar-refractivity contribution in [3.8, 4) is 0 Å². The zero-order chi connectivity index (χ0) is 14.3. The van der Waals surface area contributed by atoms with Crippen LogP contribution in [-0.2, 0) is 4.74 Å². The highest BCUT2D eigenvalue weighted by molar-refractivity contribution is 9.12. The van der Waals surface area contributed by atoms with Gasteiger partial charge in [-0.25, -0.2) is 4.79 Å². The van der Waals surface area contributed by atoms with Gasteiger partial charge in [0.25, 0.3) is 0 Å². The molecular weight excluding hydrogens is 392 g/mol. The van der Waals surface area contributed by atoms with E-state index in [9.17, 15) is 4.79 Å². The summed E-state index contributed by atoms with van der Waals surface area (Å²) in [5.74, 6) is -0.241. The van der Waals surface area contributed by atoms with Gasteiger partial charge in [-0.1, -0.05) is 32.6 Å². The Kier molecular flexibility index (Phi) is 8.26. The lowest BCUT2D eigenvalue weighted by Gasteiger charge is -2.12. The van der Waals surface area contributed by atoms with Crippen LogP contribution < -0.4 is 0 Å². The predicted molar refractivity (Wildman–Crippen MR) is 88.0 cm³/mol. The average Bonchev–Trinajstić information content (AvgIpc) is 2.68. The molecule has 1 heterocycles. The van der Waals surface area contributed by atoms with Crippen molar-refractivity contribution in [2.45, 2.75) is 58.5 Å². The van der Waals surface area contributed by atoms with Gasteiger partial charge in [0.05, 0.1) is 19.2 Å². The molecule has 0 bridgehead atoms. The van der Waals surface area contributed by atoms with Crippen LogP contribution in [-0.4, -0.2) is 12.1 Å². The Morgan fingerprint density at radius 2 is 2.00 bits per heavy atom. The monoisotopic (exact) mass is 410 g/mol. The number of hydrogen-bond donors (Lipinski definition) is 0. The second-order valence-corrected chi connectivity index (χ2v) is 8.41. The molecule has 0 aromatic carbocycles. The van der Waals surface area contributed by atoms with Gasteiger partial charge in [-0.2, -0.15) is 0 Å². The summed E-state index contributed by atoms with van der Waals surface area (Å²) >= 11 is 8.22. The fourth-order valence-electron chi connectivity index (χ4n) is 1.82. The van der Waals surface area contributed by atoms with Gasteiger partial charge in [0, 0.05) is 0 Å². The molecule has 0 aliphatic carbocycles. The predicted octanol–water partition coefficient (Wildman–Crippen LogP) is 6.18. The minimum absolute atomic E-state index is 0.0142. The summed E-state index contributed by atoms with van der Waals surface area (Å²) in [6.07, 6.45) is 7.11. The van der Waals surface area contributed by atoms with Crippen molar-refractivity contribution >= 4 is 49.2 Å². The maximum absolute atomic E-state index is 12.0. The van der Waals surface area contributed by atoms with Crippen LogP contribution >= 0.6 is 43.2 Å². The number of thiophene rings is 1. The lowest BCUT2D eigenvalue weighted by molar-refractivity contribution is 0.0319. The number of carbonyl (C=O) groups is 1. The van der Waals surface area contributed by atoms with Gasteiger partial charge in [-0.3, -0.25) is 0 Å². The Morgan fingerprint density at radius 3 is 2.58 bits per heavy atom. The lowest BCUT2D eigenvalue weighted by Crippen LogP contribution is -2.14. The number of carbonyl (C=O) groups excluding carboxylic acids is 1. The summed E-state index contributed by atoms with van der Waals surface area (Å²) in [6.45, 7) is 4.17. The number of esters is 1. The SMILES string of the molecule is CCCCCCC[C@H](C)OC(=O)c1cc(Br)sc1Br. The molecule has 19 heavy (non-hydrogen) atoms. The van der Waals surface area contributed by atoms with Crippen LogP contribution in [0.1, 0.15) is 62.7 Å². The molecule has 1 aromatic heterocycles. The third kappa shape index (κ3) is 6.41. The summed E-state index contributed by atoms with van der Waals surface area (Å²) in [5, 5.41) is 0. The van der Waals surface area contributed by atoms with Gasteiger partial charge in [0.2, 0.25) is 0 Å².